The molecular weight excluding hydrogens is 346 g/mol. The molecule has 144 valence electrons. The van der Waals surface area contributed by atoms with Gasteiger partial charge in [-0.05, 0) is 44.7 Å². The zero-order valence-electron chi connectivity index (χ0n) is 14.7. The summed E-state index contributed by atoms with van der Waals surface area (Å²) in [4.78, 5) is 23.5. The topological polar surface area (TPSA) is 90.6 Å². The average Bonchev–Trinajstić information content (AvgIpc) is 2.63. The molecule has 8 heteroatoms. The largest absolute Gasteiger partial charge is 0.484 e. The van der Waals surface area contributed by atoms with Gasteiger partial charge in [0.05, 0.1) is 18.6 Å². The van der Waals surface area contributed by atoms with Gasteiger partial charge in [0.25, 0.3) is 5.91 Å². The van der Waals surface area contributed by atoms with E-state index in [1.54, 1.807) is 6.92 Å². The van der Waals surface area contributed by atoms with E-state index in [1.165, 1.54) is 0 Å². The van der Waals surface area contributed by atoms with Crippen LogP contribution in [-0.2, 0) is 9.53 Å². The van der Waals surface area contributed by atoms with Crippen LogP contribution in [0.25, 0.3) is 0 Å². The maximum absolute atomic E-state index is 14.2. The predicted molar refractivity (Wildman–Crippen MR) is 90.8 cm³/mol. The summed E-state index contributed by atoms with van der Waals surface area (Å²) >= 11 is 0. The van der Waals surface area contributed by atoms with Crippen LogP contribution in [0.3, 0.4) is 0 Å². The van der Waals surface area contributed by atoms with Gasteiger partial charge < -0.3 is 20.5 Å². The second kappa shape index (κ2) is 9.47. The van der Waals surface area contributed by atoms with Crippen molar-refractivity contribution in [3.8, 4) is 5.75 Å². The Morgan fingerprint density at radius 2 is 1.81 bits per heavy atom. The standard InChI is InChI=1S/C18H24F2N2O4/c1-2-25-18(24)11-3-5-13(6-4-11)26-16-14(19)9-12(10-15(16)20)17(23)22-8-7-21/h9-11,13H,2-8,21H2,1H3,(H,22,23). The van der Waals surface area contributed by atoms with Crippen molar-refractivity contribution < 1.29 is 27.8 Å². The van der Waals surface area contributed by atoms with E-state index in [9.17, 15) is 18.4 Å². The number of esters is 1. The Balaban J connectivity index is 1.98. The number of hydrogen-bond acceptors (Lipinski definition) is 5. The van der Waals surface area contributed by atoms with Crippen LogP contribution in [0.4, 0.5) is 8.78 Å². The lowest BCUT2D eigenvalue weighted by Gasteiger charge is -2.28. The van der Waals surface area contributed by atoms with Gasteiger partial charge in [0, 0.05) is 18.7 Å². The lowest BCUT2D eigenvalue weighted by atomic mass is 9.87. The normalized spacial score (nSPS) is 19.7. The van der Waals surface area contributed by atoms with Crippen LogP contribution in [-0.4, -0.2) is 37.7 Å². The first kappa shape index (κ1) is 20.1. The highest BCUT2D eigenvalue weighted by Crippen LogP contribution is 2.31. The lowest BCUT2D eigenvalue weighted by Crippen LogP contribution is -2.30. The first-order chi connectivity index (χ1) is 12.5. The fourth-order valence-corrected chi connectivity index (χ4v) is 2.93. The molecule has 1 aliphatic rings. The number of amides is 1. The SMILES string of the molecule is CCOC(=O)C1CCC(Oc2c(F)cc(C(=O)NCCN)cc2F)CC1. The molecule has 0 aliphatic heterocycles. The minimum atomic E-state index is -0.935. The molecule has 3 N–H and O–H groups in total. The van der Waals surface area contributed by atoms with Crippen LogP contribution in [0.5, 0.6) is 5.75 Å². The van der Waals surface area contributed by atoms with Crippen LogP contribution in [0, 0.1) is 17.6 Å². The Morgan fingerprint density at radius 1 is 1.19 bits per heavy atom. The second-order valence-electron chi connectivity index (χ2n) is 6.16. The van der Waals surface area contributed by atoms with E-state index in [-0.39, 0.29) is 36.6 Å². The number of carbonyl (C=O) groups excluding carboxylic acids is 2. The van der Waals surface area contributed by atoms with Crippen LogP contribution in [0.15, 0.2) is 12.1 Å². The summed E-state index contributed by atoms with van der Waals surface area (Å²) in [5.74, 6) is -3.41. The van der Waals surface area contributed by atoms with Crippen LogP contribution in [0.2, 0.25) is 0 Å². The fraction of sp³-hybridized carbons (Fsp3) is 0.556. The van der Waals surface area contributed by atoms with Crippen LogP contribution in [0.1, 0.15) is 43.0 Å². The third-order valence-electron chi connectivity index (χ3n) is 4.27. The molecule has 1 amide bonds. The smallest absolute Gasteiger partial charge is 0.308 e. The van der Waals surface area contributed by atoms with Crippen molar-refractivity contribution in [2.24, 2.45) is 11.7 Å². The Bertz CT molecular complexity index is 623. The summed E-state index contributed by atoms with van der Waals surface area (Å²) in [5.41, 5.74) is 5.14. The van der Waals surface area contributed by atoms with Gasteiger partial charge in [-0.15, -0.1) is 0 Å². The van der Waals surface area contributed by atoms with Crippen molar-refractivity contribution in [1.29, 1.82) is 0 Å². The van der Waals surface area contributed by atoms with Gasteiger partial charge in [-0.3, -0.25) is 9.59 Å². The number of ether oxygens (including phenoxy) is 2. The minimum absolute atomic E-state index is 0.133. The van der Waals surface area contributed by atoms with Crippen molar-refractivity contribution in [3.63, 3.8) is 0 Å². The molecule has 2 rings (SSSR count). The molecule has 6 nitrogen and oxygen atoms in total. The molecule has 26 heavy (non-hydrogen) atoms. The first-order valence-corrected chi connectivity index (χ1v) is 8.76. The number of hydrogen-bond donors (Lipinski definition) is 2. The molecule has 1 aliphatic carbocycles. The Labute approximate surface area is 151 Å². The molecule has 0 spiro atoms. The monoisotopic (exact) mass is 370 g/mol. The summed E-state index contributed by atoms with van der Waals surface area (Å²) in [6.45, 7) is 2.52. The van der Waals surface area contributed by atoms with Crippen LogP contribution < -0.4 is 15.8 Å². The van der Waals surface area contributed by atoms with Gasteiger partial charge in [-0.2, -0.15) is 0 Å². The maximum atomic E-state index is 14.2. The van der Waals surface area contributed by atoms with E-state index in [1.807, 2.05) is 0 Å². The van der Waals surface area contributed by atoms with E-state index in [2.05, 4.69) is 5.32 Å². The number of nitrogens with two attached hydrogens (primary N) is 1. The molecule has 0 unspecified atom stereocenters. The van der Waals surface area contributed by atoms with Crippen molar-refractivity contribution in [1.82, 2.24) is 5.32 Å². The molecule has 0 aromatic heterocycles. The van der Waals surface area contributed by atoms with Crippen LogP contribution >= 0.6 is 0 Å². The molecule has 1 aromatic carbocycles. The summed E-state index contributed by atoms with van der Waals surface area (Å²) in [6, 6.07) is 1.88. The van der Waals surface area contributed by atoms with E-state index >= 15 is 0 Å². The van der Waals surface area contributed by atoms with Gasteiger partial charge in [0.1, 0.15) is 0 Å². The number of nitrogens with one attached hydrogen (secondary N) is 1. The van der Waals surface area contributed by atoms with Crippen molar-refractivity contribution in [2.45, 2.75) is 38.7 Å². The Kier molecular flexibility index (Phi) is 7.32. The molecule has 1 fully saturated rings. The van der Waals surface area contributed by atoms with Gasteiger partial charge in [0.15, 0.2) is 17.4 Å². The van der Waals surface area contributed by atoms with E-state index in [4.69, 9.17) is 15.2 Å². The number of carbonyl (C=O) groups is 2. The molecule has 1 aromatic rings. The highest BCUT2D eigenvalue weighted by molar-refractivity contribution is 5.94. The first-order valence-electron chi connectivity index (χ1n) is 8.76. The van der Waals surface area contributed by atoms with Gasteiger partial charge in [-0.25, -0.2) is 8.78 Å². The summed E-state index contributed by atoms with van der Waals surface area (Å²) in [7, 11) is 0. The summed E-state index contributed by atoms with van der Waals surface area (Å²) in [6.07, 6.45) is 1.71. The van der Waals surface area contributed by atoms with E-state index in [0.717, 1.165) is 12.1 Å². The molecule has 1 saturated carbocycles. The predicted octanol–water partition coefficient (Wildman–Crippen LogP) is 2.15. The molecule has 0 radical (unpaired) electrons. The summed E-state index contributed by atoms with van der Waals surface area (Å²) < 4.78 is 38.9. The number of benzene rings is 1. The molecule has 0 atom stereocenters. The highest BCUT2D eigenvalue weighted by atomic mass is 19.1. The highest BCUT2D eigenvalue weighted by Gasteiger charge is 2.29. The van der Waals surface area contributed by atoms with E-state index in [0.29, 0.717) is 32.3 Å². The number of halogens is 2. The summed E-state index contributed by atoms with van der Waals surface area (Å²) in [5, 5.41) is 2.45. The molecule has 0 saturated heterocycles. The maximum Gasteiger partial charge on any atom is 0.308 e. The third-order valence-corrected chi connectivity index (χ3v) is 4.27. The quantitative estimate of drug-likeness (QED) is 0.718. The zero-order chi connectivity index (χ0) is 19.1. The van der Waals surface area contributed by atoms with Crippen molar-refractivity contribution >= 4 is 11.9 Å². The molecule has 0 heterocycles. The van der Waals surface area contributed by atoms with Crippen molar-refractivity contribution in [3.05, 3.63) is 29.3 Å². The van der Waals surface area contributed by atoms with Gasteiger partial charge >= 0.3 is 5.97 Å². The van der Waals surface area contributed by atoms with Crippen molar-refractivity contribution in [2.75, 3.05) is 19.7 Å². The van der Waals surface area contributed by atoms with E-state index < -0.39 is 23.3 Å². The minimum Gasteiger partial charge on any atom is -0.484 e. The molecule has 0 bridgehead atoms. The van der Waals surface area contributed by atoms with Gasteiger partial charge in [0.2, 0.25) is 0 Å². The Hall–Kier alpha value is -2.22. The zero-order valence-corrected chi connectivity index (χ0v) is 14.7. The lowest BCUT2D eigenvalue weighted by molar-refractivity contribution is -0.149. The fourth-order valence-electron chi connectivity index (χ4n) is 2.93. The second-order valence-corrected chi connectivity index (χ2v) is 6.16. The van der Waals surface area contributed by atoms with Gasteiger partial charge in [-0.1, -0.05) is 0 Å². The number of rotatable bonds is 7. The average molecular weight is 370 g/mol. The molecular formula is C18H24F2N2O4. The third kappa shape index (κ3) is 5.14. The Morgan fingerprint density at radius 3 is 2.35 bits per heavy atom.